The van der Waals surface area contributed by atoms with Crippen LogP contribution < -0.4 is 10.6 Å². The van der Waals surface area contributed by atoms with Crippen LogP contribution in [0.2, 0.25) is 0 Å². The summed E-state index contributed by atoms with van der Waals surface area (Å²) in [5.41, 5.74) is 0. The van der Waals surface area contributed by atoms with Gasteiger partial charge in [-0.15, -0.1) is 0 Å². The first-order valence-corrected chi connectivity index (χ1v) is 3.60. The molecule has 0 aliphatic rings. The van der Waals surface area contributed by atoms with Gasteiger partial charge in [-0.1, -0.05) is 0 Å². The fraction of sp³-hybridized carbons (Fsp3) is 0.429. The number of nitrogens with one attached hydrogen (secondary N) is 2. The maximum absolute atomic E-state index is 10.6. The van der Waals surface area contributed by atoms with Crippen LogP contribution in [0.25, 0.3) is 0 Å². The van der Waals surface area contributed by atoms with Gasteiger partial charge in [-0.3, -0.25) is 0 Å². The minimum atomic E-state index is -0.648. The summed E-state index contributed by atoms with van der Waals surface area (Å²) < 4.78 is 8.84. The number of hydrogen-bond donors (Lipinski definition) is 2. The van der Waals surface area contributed by atoms with E-state index in [1.807, 2.05) is 0 Å². The average molecular weight is 722 g/mol. The molecule has 80 valence electrons. The number of amides is 2. The summed E-state index contributed by atoms with van der Waals surface area (Å²) in [5.74, 6) is 0. The van der Waals surface area contributed by atoms with Crippen LogP contribution in [-0.2, 0) is 9.47 Å². The Balaban J connectivity index is -0.000000720. The minimum absolute atomic E-state index is 0. The van der Waals surface area contributed by atoms with Gasteiger partial charge in [0.15, 0.2) is 0 Å². The third kappa shape index (κ3) is 10.5. The van der Waals surface area contributed by atoms with Gasteiger partial charge in [0.2, 0.25) is 0 Å². The summed E-state index contributed by atoms with van der Waals surface area (Å²) in [6, 6.07) is 0. The van der Waals surface area contributed by atoms with E-state index in [2.05, 4.69) is 34.0 Å². The molecule has 0 aliphatic heterocycles. The predicted molar refractivity (Wildman–Crippen MR) is 44.5 cm³/mol. The third-order valence-corrected chi connectivity index (χ3v) is 0.932. The van der Waals surface area contributed by atoms with E-state index in [0.29, 0.717) is 0 Å². The van der Waals surface area contributed by atoms with Gasteiger partial charge in [-0.2, -0.15) is 0 Å². The van der Waals surface area contributed by atoms with Gasteiger partial charge in [0.05, 0.1) is 6.67 Å². The molecule has 15 heavy (non-hydrogen) atoms. The van der Waals surface area contributed by atoms with Crippen molar-refractivity contribution in [3.05, 3.63) is 13.8 Å². The number of alkyl carbamates (subject to hydrolysis) is 2. The van der Waals surface area contributed by atoms with Crippen LogP contribution in [0.3, 0.4) is 0 Å². The maximum atomic E-state index is 10.6. The Morgan fingerprint density at radius 1 is 0.933 bits per heavy atom. The molecule has 0 saturated heterocycles. The topological polar surface area (TPSA) is 76.7 Å². The summed E-state index contributed by atoms with van der Waals surface area (Å²) >= 11 is 0. The average Bonchev–Trinajstić information content (AvgIpc) is 2.05. The molecule has 0 bridgehead atoms. The zero-order valence-electron chi connectivity index (χ0n) is 8.58. The molecular formula is C7H12N2O4Rf2-2. The standard InChI is InChI=1S/C7H12N2O4.2Rf/c1-3-12-6(10)8-5-9-7(11)13-4-2;;/h1-5H2,(H,8,10)(H,9,11);;/q-2;;. The van der Waals surface area contributed by atoms with Crippen LogP contribution in [-0.4, -0.2) is 32.1 Å². The largest absolute Gasteiger partial charge is 0.483 e. The number of carbonyl (C=O) groups excluding carboxylic acids is 2. The van der Waals surface area contributed by atoms with Crippen molar-refractivity contribution in [2.24, 2.45) is 0 Å². The Bertz CT molecular complexity index is 162. The van der Waals surface area contributed by atoms with E-state index in [1.54, 1.807) is 0 Å². The monoisotopic (exact) mass is 722 g/mol. The fourth-order valence-corrected chi connectivity index (χ4v) is 0.476. The first kappa shape index (κ1) is 17.6. The van der Waals surface area contributed by atoms with Crippen LogP contribution in [0.5, 0.6) is 0 Å². The Kier molecular flexibility index (Phi) is 12.4. The quantitative estimate of drug-likeness (QED) is 0.319. The normalized spacial score (nSPS) is 7.60. The first-order valence-electron chi connectivity index (χ1n) is 3.60. The molecule has 0 rings (SSSR count). The van der Waals surface area contributed by atoms with Gasteiger partial charge in [0, 0.05) is 0 Å². The molecular weight excluding hydrogens is 710 g/mol. The zero-order valence-corrected chi connectivity index (χ0v) is 21.4. The second-order valence-electron chi connectivity index (χ2n) is 1.80. The first-order chi connectivity index (χ1) is 6.20. The molecule has 2 N–H and O–H groups in total. The number of ether oxygens (including phenoxy) is 2. The number of rotatable bonds is 4. The molecule has 0 aromatic rings. The molecule has 6 nitrogen and oxygen atoms in total. The van der Waals surface area contributed by atoms with Crippen molar-refractivity contribution >= 4 is 12.2 Å². The number of hydrogen-bond acceptors (Lipinski definition) is 4. The van der Waals surface area contributed by atoms with Gasteiger partial charge >= 0.3 is 12.2 Å². The van der Waals surface area contributed by atoms with Gasteiger partial charge in [-0.25, -0.2) is 9.59 Å². The smallest absolute Gasteiger partial charge is 0.405 e. The summed E-state index contributed by atoms with van der Waals surface area (Å²) in [7, 11) is 0. The van der Waals surface area contributed by atoms with Gasteiger partial charge in [0.1, 0.15) is 0 Å². The molecule has 0 radical (unpaired) electrons. The SMILES string of the molecule is [CH2-]COC(=O)NCNC(=O)OC[CH2-].[Rf].[Rf]. The molecule has 0 atom stereocenters. The Hall–Kier alpha value is -3.46. The van der Waals surface area contributed by atoms with Gasteiger partial charge in [-0.05, 0) is 13.2 Å². The number of carbonyl (C=O) groups is 2. The fourth-order valence-electron chi connectivity index (χ4n) is 0.476. The predicted octanol–water partition coefficient (Wildman–Crippen LogP) is 0.0645. The second-order valence-corrected chi connectivity index (χ2v) is 1.80. The van der Waals surface area contributed by atoms with E-state index < -0.39 is 12.2 Å². The van der Waals surface area contributed by atoms with Crippen molar-refractivity contribution in [3.8, 4) is 0 Å². The van der Waals surface area contributed by atoms with Crippen molar-refractivity contribution in [1.82, 2.24) is 10.6 Å². The summed E-state index contributed by atoms with van der Waals surface area (Å²) in [6.07, 6.45) is -1.30. The van der Waals surface area contributed by atoms with E-state index in [0.717, 1.165) is 0 Å². The van der Waals surface area contributed by atoms with E-state index in [1.165, 1.54) is 0 Å². The summed E-state index contributed by atoms with van der Waals surface area (Å²) in [5, 5.41) is 4.48. The molecule has 0 saturated carbocycles. The van der Waals surface area contributed by atoms with E-state index in [-0.39, 0.29) is 19.9 Å². The Morgan fingerprint density at radius 2 is 1.27 bits per heavy atom. The van der Waals surface area contributed by atoms with Crippen LogP contribution in [0.15, 0.2) is 0 Å². The Morgan fingerprint density at radius 3 is 1.53 bits per heavy atom. The summed E-state index contributed by atoms with van der Waals surface area (Å²) in [4.78, 5) is 21.2. The molecule has 0 unspecified atom stereocenters. The molecule has 8 heteroatoms. The maximum Gasteiger partial charge on any atom is 0.405 e. The molecule has 0 aromatic heterocycles. The molecule has 2 amide bonds. The third-order valence-electron chi connectivity index (χ3n) is 0.932. The van der Waals surface area contributed by atoms with Crippen LogP contribution in [0, 0.1) is 13.8 Å². The Labute approximate surface area is 76.6 Å². The van der Waals surface area contributed by atoms with Crippen LogP contribution in [0.4, 0.5) is 9.59 Å². The van der Waals surface area contributed by atoms with Crippen LogP contribution >= 0.6 is 0 Å². The minimum Gasteiger partial charge on any atom is -0.483 e. The van der Waals surface area contributed by atoms with E-state index in [9.17, 15) is 9.59 Å². The van der Waals surface area contributed by atoms with Crippen LogP contribution in [0.1, 0.15) is 0 Å². The molecule has 0 aliphatic carbocycles. The molecule has 0 fully saturated rings. The molecule has 0 heterocycles. The van der Waals surface area contributed by atoms with Gasteiger partial charge < -0.3 is 34.0 Å². The van der Waals surface area contributed by atoms with Crippen molar-refractivity contribution in [1.29, 1.82) is 0 Å². The van der Waals surface area contributed by atoms with Crippen molar-refractivity contribution < 1.29 is 19.1 Å². The summed E-state index contributed by atoms with van der Waals surface area (Å²) in [6.45, 7) is 6.61. The molecule has 0 spiro atoms. The van der Waals surface area contributed by atoms with Crippen molar-refractivity contribution in [3.63, 3.8) is 0 Å². The van der Waals surface area contributed by atoms with Crippen molar-refractivity contribution in [2.45, 2.75) is 0 Å². The van der Waals surface area contributed by atoms with Crippen molar-refractivity contribution in [2.75, 3.05) is 19.9 Å². The second kappa shape index (κ2) is 10.5. The van der Waals surface area contributed by atoms with Gasteiger partial charge in [0.25, 0.3) is 0 Å². The molecule has 0 aromatic carbocycles. The van der Waals surface area contributed by atoms with E-state index in [4.69, 9.17) is 0 Å². The zero-order chi connectivity index (χ0) is 10.1. The van der Waals surface area contributed by atoms with E-state index >= 15 is 0 Å².